The quantitative estimate of drug-likeness (QED) is 0.504. The van der Waals surface area contributed by atoms with Gasteiger partial charge in [-0.3, -0.25) is 10.4 Å². The maximum absolute atomic E-state index is 7.81. The Morgan fingerprint density at radius 1 is 1.58 bits per heavy atom. The number of methoxy groups -OCH3 is 1. The summed E-state index contributed by atoms with van der Waals surface area (Å²) >= 11 is 5.56. The highest BCUT2D eigenvalue weighted by Gasteiger charge is 2.12. The summed E-state index contributed by atoms with van der Waals surface area (Å²) in [5.74, 6) is 1.06. The SMILES string of the molecule is COc1c(C)cnc(CN(C)C(=N)/C=C(\N)Cl)c1C. The van der Waals surface area contributed by atoms with Gasteiger partial charge in [-0.15, -0.1) is 0 Å². The van der Waals surface area contributed by atoms with E-state index in [9.17, 15) is 0 Å². The van der Waals surface area contributed by atoms with Gasteiger partial charge in [-0.25, -0.2) is 0 Å². The highest BCUT2D eigenvalue weighted by molar-refractivity contribution is 6.30. The van der Waals surface area contributed by atoms with Gasteiger partial charge < -0.3 is 15.4 Å². The van der Waals surface area contributed by atoms with Gasteiger partial charge in [0.05, 0.1) is 19.3 Å². The fourth-order valence-electron chi connectivity index (χ4n) is 1.78. The average Bonchev–Trinajstić information content (AvgIpc) is 2.32. The lowest BCUT2D eigenvalue weighted by atomic mass is 10.1. The van der Waals surface area contributed by atoms with Gasteiger partial charge in [0.1, 0.15) is 16.7 Å². The van der Waals surface area contributed by atoms with Crippen molar-refractivity contribution in [3.63, 3.8) is 0 Å². The number of likely N-dealkylation sites (N-methyl/N-ethyl adjacent to an activating group) is 1. The number of nitrogens with one attached hydrogen (secondary N) is 1. The fraction of sp³-hybridized carbons (Fsp3) is 0.385. The summed E-state index contributed by atoms with van der Waals surface area (Å²) in [7, 11) is 3.42. The van der Waals surface area contributed by atoms with E-state index in [2.05, 4.69) is 4.98 Å². The molecular weight excluding hydrogens is 264 g/mol. The van der Waals surface area contributed by atoms with E-state index in [0.29, 0.717) is 6.54 Å². The molecule has 6 heteroatoms. The standard InChI is InChI=1S/C13H19ClN4O/c1-8-6-17-10(9(2)13(8)19-4)7-18(3)12(16)5-11(14)15/h5-6,16H,7,15H2,1-4H3/b11-5-,16-12?. The van der Waals surface area contributed by atoms with Crippen molar-refractivity contribution in [3.8, 4) is 5.75 Å². The zero-order chi connectivity index (χ0) is 14.6. The number of amidine groups is 1. The minimum Gasteiger partial charge on any atom is -0.496 e. The molecule has 0 amide bonds. The Balaban J connectivity index is 2.95. The molecule has 0 unspecified atom stereocenters. The number of halogens is 1. The zero-order valence-corrected chi connectivity index (χ0v) is 12.4. The first-order chi connectivity index (χ1) is 8.86. The molecule has 0 radical (unpaired) electrons. The fourth-order valence-corrected chi connectivity index (χ4v) is 1.88. The summed E-state index contributed by atoms with van der Waals surface area (Å²) < 4.78 is 5.36. The number of nitrogens with two attached hydrogens (primary N) is 1. The zero-order valence-electron chi connectivity index (χ0n) is 11.6. The van der Waals surface area contributed by atoms with Gasteiger partial charge in [0, 0.05) is 30.4 Å². The van der Waals surface area contributed by atoms with Crippen LogP contribution in [0.25, 0.3) is 0 Å². The van der Waals surface area contributed by atoms with E-state index in [1.165, 1.54) is 6.08 Å². The number of aryl methyl sites for hydroxylation is 1. The molecule has 0 spiro atoms. The molecule has 5 nitrogen and oxygen atoms in total. The van der Waals surface area contributed by atoms with E-state index >= 15 is 0 Å². The maximum Gasteiger partial charge on any atom is 0.128 e. The van der Waals surface area contributed by atoms with Gasteiger partial charge in [0.25, 0.3) is 0 Å². The van der Waals surface area contributed by atoms with Crippen molar-refractivity contribution >= 4 is 17.4 Å². The molecule has 0 saturated heterocycles. The van der Waals surface area contributed by atoms with Crippen molar-refractivity contribution in [3.05, 3.63) is 34.2 Å². The molecular formula is C13H19ClN4O. The molecule has 1 rings (SSSR count). The number of hydrogen-bond donors (Lipinski definition) is 2. The third-order valence-electron chi connectivity index (χ3n) is 2.82. The van der Waals surface area contributed by atoms with Crippen LogP contribution in [0.5, 0.6) is 5.75 Å². The normalized spacial score (nSPS) is 11.3. The molecule has 0 bridgehead atoms. The summed E-state index contributed by atoms with van der Waals surface area (Å²) in [5, 5.41) is 7.90. The van der Waals surface area contributed by atoms with Crippen molar-refractivity contribution in [2.45, 2.75) is 20.4 Å². The van der Waals surface area contributed by atoms with Crippen molar-refractivity contribution < 1.29 is 4.74 Å². The monoisotopic (exact) mass is 282 g/mol. The van der Waals surface area contributed by atoms with Crippen LogP contribution in [0.3, 0.4) is 0 Å². The Kier molecular flexibility index (Phi) is 5.18. The number of pyridine rings is 1. The molecule has 0 fully saturated rings. The van der Waals surface area contributed by atoms with Gasteiger partial charge >= 0.3 is 0 Å². The largest absolute Gasteiger partial charge is 0.496 e. The molecule has 1 heterocycles. The molecule has 0 aliphatic carbocycles. The summed E-state index contributed by atoms with van der Waals surface area (Å²) in [5.41, 5.74) is 8.17. The lowest BCUT2D eigenvalue weighted by Gasteiger charge is -2.20. The second-order valence-corrected chi connectivity index (χ2v) is 4.75. The van der Waals surface area contributed by atoms with Crippen LogP contribution in [0.2, 0.25) is 0 Å². The third kappa shape index (κ3) is 3.86. The number of nitrogens with zero attached hydrogens (tertiary/aromatic N) is 2. The van der Waals surface area contributed by atoms with Crippen LogP contribution >= 0.6 is 11.6 Å². The molecule has 3 N–H and O–H groups in total. The minimum absolute atomic E-state index is 0.0861. The first-order valence-electron chi connectivity index (χ1n) is 5.78. The van der Waals surface area contributed by atoms with Gasteiger partial charge in [0.15, 0.2) is 0 Å². The highest BCUT2D eigenvalue weighted by Crippen LogP contribution is 2.24. The predicted octanol–water partition coefficient (Wildman–Crippen LogP) is 2.16. The third-order valence-corrected chi connectivity index (χ3v) is 2.93. The van der Waals surface area contributed by atoms with Crippen LogP contribution in [0.15, 0.2) is 17.4 Å². The Hall–Kier alpha value is -1.75. The molecule has 1 aromatic heterocycles. The second kappa shape index (κ2) is 6.43. The number of aromatic nitrogens is 1. The molecule has 0 saturated carbocycles. The first-order valence-corrected chi connectivity index (χ1v) is 6.16. The van der Waals surface area contributed by atoms with E-state index in [1.807, 2.05) is 13.8 Å². The van der Waals surface area contributed by atoms with Crippen LogP contribution in [-0.4, -0.2) is 29.9 Å². The molecule has 1 aromatic rings. The summed E-state index contributed by atoms with van der Waals surface area (Å²) in [6.45, 7) is 4.39. The van der Waals surface area contributed by atoms with Crippen LogP contribution in [-0.2, 0) is 6.54 Å². The number of hydrogen-bond acceptors (Lipinski definition) is 4. The van der Waals surface area contributed by atoms with Crippen molar-refractivity contribution in [1.29, 1.82) is 5.41 Å². The molecule has 19 heavy (non-hydrogen) atoms. The van der Waals surface area contributed by atoms with Crippen LogP contribution in [0.1, 0.15) is 16.8 Å². The molecule has 0 aliphatic rings. The van der Waals surface area contributed by atoms with Crippen molar-refractivity contribution in [2.24, 2.45) is 5.73 Å². The highest BCUT2D eigenvalue weighted by atomic mass is 35.5. The van der Waals surface area contributed by atoms with Crippen LogP contribution < -0.4 is 10.5 Å². The van der Waals surface area contributed by atoms with Crippen LogP contribution in [0, 0.1) is 19.3 Å². The summed E-state index contributed by atoms with van der Waals surface area (Å²) in [6, 6.07) is 0. The predicted molar refractivity (Wildman–Crippen MR) is 77.6 cm³/mol. The lowest BCUT2D eigenvalue weighted by Crippen LogP contribution is -2.25. The topological polar surface area (TPSA) is 75.2 Å². The van der Waals surface area contributed by atoms with E-state index in [4.69, 9.17) is 27.5 Å². The van der Waals surface area contributed by atoms with E-state index < -0.39 is 0 Å². The van der Waals surface area contributed by atoms with Gasteiger partial charge in [0.2, 0.25) is 0 Å². The van der Waals surface area contributed by atoms with Crippen molar-refractivity contribution in [2.75, 3.05) is 14.2 Å². The van der Waals surface area contributed by atoms with Gasteiger partial charge in [-0.1, -0.05) is 11.6 Å². The Bertz CT molecular complexity index is 510. The van der Waals surface area contributed by atoms with E-state index in [0.717, 1.165) is 22.6 Å². The lowest BCUT2D eigenvalue weighted by molar-refractivity contribution is 0.404. The molecule has 0 atom stereocenters. The minimum atomic E-state index is 0.0861. The Labute approximate surface area is 118 Å². The van der Waals surface area contributed by atoms with Gasteiger partial charge in [-0.05, 0) is 13.8 Å². The molecule has 0 aromatic carbocycles. The first kappa shape index (κ1) is 15.3. The summed E-state index contributed by atoms with van der Waals surface area (Å²) in [6.07, 6.45) is 3.16. The smallest absolute Gasteiger partial charge is 0.128 e. The second-order valence-electron chi connectivity index (χ2n) is 4.32. The summed E-state index contributed by atoms with van der Waals surface area (Å²) in [4.78, 5) is 6.09. The molecule has 0 aliphatic heterocycles. The maximum atomic E-state index is 7.81. The number of rotatable bonds is 4. The van der Waals surface area contributed by atoms with E-state index in [-0.39, 0.29) is 11.0 Å². The Morgan fingerprint density at radius 2 is 2.21 bits per heavy atom. The van der Waals surface area contributed by atoms with Crippen molar-refractivity contribution in [1.82, 2.24) is 9.88 Å². The Morgan fingerprint density at radius 3 is 2.74 bits per heavy atom. The molecule has 104 valence electrons. The van der Waals surface area contributed by atoms with Gasteiger partial charge in [-0.2, -0.15) is 0 Å². The van der Waals surface area contributed by atoms with Crippen LogP contribution in [0.4, 0.5) is 0 Å². The average molecular weight is 283 g/mol. The number of ether oxygens (including phenoxy) is 1. The van der Waals surface area contributed by atoms with E-state index in [1.54, 1.807) is 25.3 Å².